The Morgan fingerprint density at radius 2 is 2.06 bits per heavy atom. The van der Waals surface area contributed by atoms with Crippen LogP contribution in [-0.4, -0.2) is 28.4 Å². The summed E-state index contributed by atoms with van der Waals surface area (Å²) in [6.07, 6.45) is 1.01. The summed E-state index contributed by atoms with van der Waals surface area (Å²) >= 11 is 0. The number of hydrogen-bond donors (Lipinski definition) is 1. The van der Waals surface area contributed by atoms with E-state index in [0.29, 0.717) is 12.5 Å². The standard InChI is InChI=1S/C13H20FN3O/c1-8(2)7-17(9(3)4)13(18)11-5-10(14)6-16-12(11)15/h5-6,8-9H,7H2,1-4H3,(H2,15,16). The lowest BCUT2D eigenvalue weighted by atomic mass is 10.1. The maximum Gasteiger partial charge on any atom is 0.257 e. The molecule has 0 aliphatic rings. The van der Waals surface area contributed by atoms with E-state index in [9.17, 15) is 9.18 Å². The number of nitrogens with zero attached hydrogens (tertiary/aromatic N) is 2. The van der Waals surface area contributed by atoms with Crippen LogP contribution in [0.1, 0.15) is 38.1 Å². The van der Waals surface area contributed by atoms with E-state index in [2.05, 4.69) is 4.98 Å². The number of nitrogen functional groups attached to an aromatic ring is 1. The van der Waals surface area contributed by atoms with Gasteiger partial charge in [-0.25, -0.2) is 9.37 Å². The molecule has 0 fully saturated rings. The highest BCUT2D eigenvalue weighted by molar-refractivity contribution is 5.98. The van der Waals surface area contributed by atoms with Crippen molar-refractivity contribution in [3.8, 4) is 0 Å². The predicted octanol–water partition coefficient (Wildman–Crippen LogP) is 2.31. The fourth-order valence-corrected chi connectivity index (χ4v) is 1.70. The minimum Gasteiger partial charge on any atom is -0.383 e. The molecule has 18 heavy (non-hydrogen) atoms. The molecule has 0 bridgehead atoms. The Morgan fingerprint density at radius 1 is 1.44 bits per heavy atom. The Kier molecular flexibility index (Phi) is 4.64. The number of aromatic nitrogens is 1. The highest BCUT2D eigenvalue weighted by Crippen LogP contribution is 2.16. The van der Waals surface area contributed by atoms with Crippen LogP contribution in [0.3, 0.4) is 0 Å². The molecule has 0 atom stereocenters. The van der Waals surface area contributed by atoms with Gasteiger partial charge in [0.25, 0.3) is 5.91 Å². The van der Waals surface area contributed by atoms with Gasteiger partial charge < -0.3 is 10.6 Å². The number of hydrogen-bond acceptors (Lipinski definition) is 3. The zero-order valence-corrected chi connectivity index (χ0v) is 11.3. The van der Waals surface area contributed by atoms with Gasteiger partial charge in [-0.15, -0.1) is 0 Å². The van der Waals surface area contributed by atoms with Gasteiger partial charge in [0, 0.05) is 12.6 Å². The molecule has 0 aliphatic carbocycles. The van der Waals surface area contributed by atoms with E-state index in [1.807, 2.05) is 27.7 Å². The fourth-order valence-electron chi connectivity index (χ4n) is 1.70. The Morgan fingerprint density at radius 3 is 2.56 bits per heavy atom. The lowest BCUT2D eigenvalue weighted by Crippen LogP contribution is -2.40. The van der Waals surface area contributed by atoms with Gasteiger partial charge in [-0.3, -0.25) is 4.79 Å². The first-order valence-electron chi connectivity index (χ1n) is 6.05. The number of anilines is 1. The Labute approximate surface area is 107 Å². The Balaban J connectivity index is 3.05. The molecular weight excluding hydrogens is 233 g/mol. The summed E-state index contributed by atoms with van der Waals surface area (Å²) < 4.78 is 13.1. The van der Waals surface area contributed by atoms with Crippen molar-refractivity contribution in [2.24, 2.45) is 5.92 Å². The van der Waals surface area contributed by atoms with Crippen molar-refractivity contribution in [3.63, 3.8) is 0 Å². The van der Waals surface area contributed by atoms with Crippen molar-refractivity contribution in [2.75, 3.05) is 12.3 Å². The average molecular weight is 253 g/mol. The summed E-state index contributed by atoms with van der Waals surface area (Å²) in [5, 5.41) is 0. The highest BCUT2D eigenvalue weighted by Gasteiger charge is 2.22. The van der Waals surface area contributed by atoms with Crippen molar-refractivity contribution in [1.29, 1.82) is 0 Å². The number of halogens is 1. The Hall–Kier alpha value is -1.65. The van der Waals surface area contributed by atoms with Crippen molar-refractivity contribution in [2.45, 2.75) is 33.7 Å². The minimum atomic E-state index is -0.555. The number of carbonyl (C=O) groups is 1. The Bertz CT molecular complexity index is 432. The van der Waals surface area contributed by atoms with Gasteiger partial charge in [-0.1, -0.05) is 13.8 Å². The first-order valence-corrected chi connectivity index (χ1v) is 6.05. The van der Waals surface area contributed by atoms with Crippen LogP contribution in [0.5, 0.6) is 0 Å². The molecule has 4 nitrogen and oxygen atoms in total. The van der Waals surface area contributed by atoms with Crippen molar-refractivity contribution < 1.29 is 9.18 Å². The second-order valence-electron chi connectivity index (χ2n) is 5.03. The van der Waals surface area contributed by atoms with Crippen LogP contribution in [0.4, 0.5) is 10.2 Å². The van der Waals surface area contributed by atoms with E-state index in [1.54, 1.807) is 4.90 Å². The van der Waals surface area contributed by atoms with E-state index < -0.39 is 5.82 Å². The van der Waals surface area contributed by atoms with Crippen LogP contribution in [-0.2, 0) is 0 Å². The molecule has 0 aliphatic heterocycles. The lowest BCUT2D eigenvalue weighted by Gasteiger charge is -2.28. The van der Waals surface area contributed by atoms with Crippen LogP contribution in [0.2, 0.25) is 0 Å². The largest absolute Gasteiger partial charge is 0.383 e. The topological polar surface area (TPSA) is 59.2 Å². The molecule has 0 radical (unpaired) electrons. The predicted molar refractivity (Wildman–Crippen MR) is 69.6 cm³/mol. The van der Waals surface area contributed by atoms with E-state index in [4.69, 9.17) is 5.73 Å². The normalized spacial score (nSPS) is 11.1. The van der Waals surface area contributed by atoms with Gasteiger partial charge in [0.05, 0.1) is 11.8 Å². The van der Waals surface area contributed by atoms with Crippen molar-refractivity contribution >= 4 is 11.7 Å². The summed E-state index contributed by atoms with van der Waals surface area (Å²) in [4.78, 5) is 17.7. The fraction of sp³-hybridized carbons (Fsp3) is 0.538. The van der Waals surface area contributed by atoms with Gasteiger partial charge >= 0.3 is 0 Å². The summed E-state index contributed by atoms with van der Waals surface area (Å²) in [5.41, 5.74) is 5.76. The zero-order chi connectivity index (χ0) is 13.9. The number of carbonyl (C=O) groups excluding carboxylic acids is 1. The highest BCUT2D eigenvalue weighted by atomic mass is 19.1. The van der Waals surface area contributed by atoms with E-state index in [0.717, 1.165) is 12.3 Å². The SMILES string of the molecule is CC(C)CN(C(=O)c1cc(F)cnc1N)C(C)C. The molecule has 0 saturated carbocycles. The molecule has 100 valence electrons. The number of rotatable bonds is 4. The molecule has 1 aromatic heterocycles. The molecule has 5 heteroatoms. The minimum absolute atomic E-state index is 0.0302. The van der Waals surface area contributed by atoms with Gasteiger partial charge in [0.2, 0.25) is 0 Å². The third-order valence-electron chi connectivity index (χ3n) is 2.56. The molecule has 0 unspecified atom stereocenters. The average Bonchev–Trinajstić information content (AvgIpc) is 2.27. The second kappa shape index (κ2) is 5.80. The van der Waals surface area contributed by atoms with Crippen molar-refractivity contribution in [1.82, 2.24) is 9.88 Å². The molecule has 0 saturated heterocycles. The number of nitrogens with two attached hydrogens (primary N) is 1. The molecular formula is C13H20FN3O. The third kappa shape index (κ3) is 3.42. The van der Waals surface area contributed by atoms with Gasteiger partial charge in [-0.05, 0) is 25.8 Å². The lowest BCUT2D eigenvalue weighted by molar-refractivity contribution is 0.0682. The third-order valence-corrected chi connectivity index (χ3v) is 2.56. The van der Waals surface area contributed by atoms with E-state index in [-0.39, 0.29) is 23.3 Å². The first-order chi connectivity index (χ1) is 8.32. The monoisotopic (exact) mass is 253 g/mol. The van der Waals surface area contributed by atoms with Crippen LogP contribution in [0.25, 0.3) is 0 Å². The quantitative estimate of drug-likeness (QED) is 0.895. The van der Waals surface area contributed by atoms with E-state index in [1.165, 1.54) is 0 Å². The summed E-state index contributed by atoms with van der Waals surface area (Å²) in [5.74, 6) is -0.432. The number of amides is 1. The van der Waals surface area contributed by atoms with Gasteiger partial charge in [0.1, 0.15) is 11.6 Å². The molecule has 0 aromatic carbocycles. The summed E-state index contributed by atoms with van der Waals surface area (Å²) in [6, 6.07) is 1.17. The number of pyridine rings is 1. The van der Waals surface area contributed by atoms with Crippen molar-refractivity contribution in [3.05, 3.63) is 23.6 Å². The van der Waals surface area contributed by atoms with Crippen LogP contribution < -0.4 is 5.73 Å². The summed E-state index contributed by atoms with van der Waals surface area (Å²) in [7, 11) is 0. The zero-order valence-electron chi connectivity index (χ0n) is 11.3. The summed E-state index contributed by atoms with van der Waals surface area (Å²) in [6.45, 7) is 8.49. The molecule has 1 amide bonds. The van der Waals surface area contributed by atoms with Crippen LogP contribution in [0, 0.1) is 11.7 Å². The molecule has 1 aromatic rings. The second-order valence-corrected chi connectivity index (χ2v) is 5.03. The van der Waals surface area contributed by atoms with Crippen LogP contribution in [0.15, 0.2) is 12.3 Å². The maximum atomic E-state index is 13.1. The molecule has 0 spiro atoms. The molecule has 2 N–H and O–H groups in total. The van der Waals surface area contributed by atoms with E-state index >= 15 is 0 Å². The molecule has 1 heterocycles. The maximum absolute atomic E-state index is 13.1. The van der Waals surface area contributed by atoms with Gasteiger partial charge in [0.15, 0.2) is 0 Å². The first kappa shape index (κ1) is 14.4. The van der Waals surface area contributed by atoms with Gasteiger partial charge in [-0.2, -0.15) is 0 Å². The molecule has 1 rings (SSSR count). The van der Waals surface area contributed by atoms with Crippen LogP contribution >= 0.6 is 0 Å². The smallest absolute Gasteiger partial charge is 0.257 e.